The molecule has 0 aliphatic heterocycles. The van der Waals surface area contributed by atoms with Crippen molar-refractivity contribution in [3.63, 3.8) is 0 Å². The number of ether oxygens (including phenoxy) is 1. The van der Waals surface area contributed by atoms with Crippen LogP contribution in [0.1, 0.15) is 39.3 Å². The molecule has 0 atom stereocenters. The highest BCUT2D eigenvalue weighted by atomic mass is 35.5. The highest BCUT2D eigenvalue weighted by Crippen LogP contribution is 2.32. The summed E-state index contributed by atoms with van der Waals surface area (Å²) in [6.07, 6.45) is 1.78. The second kappa shape index (κ2) is 6.05. The van der Waals surface area contributed by atoms with Crippen LogP contribution >= 0.6 is 11.6 Å². The lowest BCUT2D eigenvalue weighted by Gasteiger charge is -2.22. The zero-order valence-electron chi connectivity index (χ0n) is 12.8. The van der Waals surface area contributed by atoms with Crippen LogP contribution in [0.2, 0.25) is 0 Å². The molecule has 1 saturated carbocycles. The lowest BCUT2D eigenvalue weighted by Crippen LogP contribution is -2.28. The Morgan fingerprint density at radius 3 is 2.67 bits per heavy atom. The molecule has 116 valence electrons. The predicted octanol–water partition coefficient (Wildman–Crippen LogP) is 3.16. The van der Waals surface area contributed by atoms with Crippen molar-refractivity contribution in [2.45, 2.75) is 51.1 Å². The van der Waals surface area contributed by atoms with Gasteiger partial charge in [0.1, 0.15) is 11.3 Å². The maximum Gasteiger partial charge on any atom is 0.413 e. The van der Waals surface area contributed by atoms with E-state index in [1.165, 1.54) is 0 Å². The largest absolute Gasteiger partial charge is 0.444 e. The van der Waals surface area contributed by atoms with E-state index in [0.29, 0.717) is 17.6 Å². The average Bonchev–Trinajstić information content (AvgIpc) is 3.19. The molecule has 0 radical (unpaired) electrons. The first-order valence-electron chi connectivity index (χ1n) is 6.95. The Labute approximate surface area is 129 Å². The van der Waals surface area contributed by atoms with Gasteiger partial charge in [-0.05, 0) is 33.6 Å². The SMILES string of the molecule is CN(c1cc(NC(=O)OC(C)(C)C)nnc1CCl)C1CC1. The van der Waals surface area contributed by atoms with Gasteiger partial charge in [0.15, 0.2) is 5.82 Å². The molecule has 1 aliphatic rings. The smallest absolute Gasteiger partial charge is 0.413 e. The fourth-order valence-corrected chi connectivity index (χ4v) is 2.13. The molecule has 1 heterocycles. The predicted molar refractivity (Wildman–Crippen MR) is 82.9 cm³/mol. The number of aromatic nitrogens is 2. The molecule has 21 heavy (non-hydrogen) atoms. The van der Waals surface area contributed by atoms with Crippen LogP contribution in [-0.2, 0) is 10.6 Å². The summed E-state index contributed by atoms with van der Waals surface area (Å²) in [5.41, 5.74) is 1.05. The average molecular weight is 313 g/mol. The van der Waals surface area contributed by atoms with Crippen molar-refractivity contribution in [3.8, 4) is 0 Å². The van der Waals surface area contributed by atoms with E-state index in [-0.39, 0.29) is 5.88 Å². The standard InChI is InChI=1S/C14H21ClN4O2/c1-14(2,3)21-13(20)16-12-7-11(10(8-15)17-18-12)19(4)9-5-6-9/h7,9H,5-6,8H2,1-4H3,(H,16,18,20). The summed E-state index contributed by atoms with van der Waals surface area (Å²) in [5, 5.41) is 10.7. The zero-order chi connectivity index (χ0) is 15.6. The first-order chi connectivity index (χ1) is 9.80. The van der Waals surface area contributed by atoms with E-state index < -0.39 is 11.7 Å². The summed E-state index contributed by atoms with van der Waals surface area (Å²) in [4.78, 5) is 13.9. The number of anilines is 2. The first-order valence-corrected chi connectivity index (χ1v) is 7.49. The van der Waals surface area contributed by atoms with Gasteiger partial charge in [-0.25, -0.2) is 4.79 Å². The van der Waals surface area contributed by atoms with Crippen LogP contribution in [-0.4, -0.2) is 35.0 Å². The summed E-state index contributed by atoms with van der Waals surface area (Å²) in [6.45, 7) is 5.42. The minimum Gasteiger partial charge on any atom is -0.444 e. The Morgan fingerprint density at radius 1 is 1.48 bits per heavy atom. The van der Waals surface area contributed by atoms with E-state index in [2.05, 4.69) is 20.4 Å². The van der Waals surface area contributed by atoms with Crippen LogP contribution in [0.5, 0.6) is 0 Å². The van der Waals surface area contributed by atoms with Crippen molar-refractivity contribution < 1.29 is 9.53 Å². The number of carbonyl (C=O) groups is 1. The third kappa shape index (κ3) is 4.46. The van der Waals surface area contributed by atoms with E-state index >= 15 is 0 Å². The van der Waals surface area contributed by atoms with Gasteiger partial charge in [-0.3, -0.25) is 5.32 Å². The Morgan fingerprint density at radius 2 is 2.14 bits per heavy atom. The summed E-state index contributed by atoms with van der Waals surface area (Å²) < 4.78 is 5.20. The summed E-state index contributed by atoms with van der Waals surface area (Å²) in [5.74, 6) is 0.646. The van der Waals surface area contributed by atoms with Gasteiger partial charge in [0.05, 0.1) is 11.6 Å². The fourth-order valence-electron chi connectivity index (χ4n) is 1.94. The van der Waals surface area contributed by atoms with Crippen molar-refractivity contribution in [2.75, 3.05) is 17.3 Å². The van der Waals surface area contributed by atoms with Crippen LogP contribution in [0, 0.1) is 0 Å². The van der Waals surface area contributed by atoms with E-state index in [4.69, 9.17) is 16.3 Å². The quantitative estimate of drug-likeness (QED) is 0.865. The second-order valence-electron chi connectivity index (χ2n) is 6.16. The van der Waals surface area contributed by atoms with Crippen LogP contribution in [0.3, 0.4) is 0 Å². The molecule has 0 aromatic carbocycles. The van der Waals surface area contributed by atoms with E-state index in [9.17, 15) is 4.79 Å². The topological polar surface area (TPSA) is 67.4 Å². The van der Waals surface area contributed by atoms with E-state index in [1.54, 1.807) is 26.8 Å². The molecule has 0 unspecified atom stereocenters. The van der Waals surface area contributed by atoms with Crippen molar-refractivity contribution in [3.05, 3.63) is 11.8 Å². The maximum atomic E-state index is 11.8. The van der Waals surface area contributed by atoms with Gasteiger partial charge in [0, 0.05) is 19.2 Å². The monoisotopic (exact) mass is 312 g/mol. The second-order valence-corrected chi connectivity index (χ2v) is 6.43. The van der Waals surface area contributed by atoms with Gasteiger partial charge in [0.2, 0.25) is 0 Å². The Kier molecular flexibility index (Phi) is 4.56. The van der Waals surface area contributed by atoms with Crippen molar-refractivity contribution in [1.29, 1.82) is 0 Å². The van der Waals surface area contributed by atoms with E-state index in [1.807, 2.05) is 7.05 Å². The van der Waals surface area contributed by atoms with Gasteiger partial charge in [0.25, 0.3) is 0 Å². The molecule has 6 nitrogen and oxygen atoms in total. The highest BCUT2D eigenvalue weighted by Gasteiger charge is 2.28. The molecule has 7 heteroatoms. The normalized spacial score (nSPS) is 14.7. The number of rotatable bonds is 4. The number of halogens is 1. The number of hydrogen-bond donors (Lipinski definition) is 1. The third-order valence-electron chi connectivity index (χ3n) is 3.08. The van der Waals surface area contributed by atoms with Crippen molar-refractivity contribution in [2.24, 2.45) is 0 Å². The lowest BCUT2D eigenvalue weighted by molar-refractivity contribution is 0.0635. The molecule has 1 aliphatic carbocycles. The summed E-state index contributed by atoms with van der Waals surface area (Å²) in [6, 6.07) is 2.30. The first kappa shape index (κ1) is 15.8. The van der Waals surface area contributed by atoms with Gasteiger partial charge < -0.3 is 9.64 Å². The highest BCUT2D eigenvalue weighted by molar-refractivity contribution is 6.17. The summed E-state index contributed by atoms with van der Waals surface area (Å²) >= 11 is 5.91. The van der Waals surface area contributed by atoms with Gasteiger partial charge >= 0.3 is 6.09 Å². The number of nitrogens with zero attached hydrogens (tertiary/aromatic N) is 3. The number of carbonyl (C=O) groups excluding carboxylic acids is 1. The number of nitrogens with one attached hydrogen (secondary N) is 1. The molecular weight excluding hydrogens is 292 g/mol. The molecule has 0 saturated heterocycles. The molecule has 0 bridgehead atoms. The summed E-state index contributed by atoms with van der Waals surface area (Å²) in [7, 11) is 2.00. The Hall–Kier alpha value is -1.56. The molecule has 0 spiro atoms. The fraction of sp³-hybridized carbons (Fsp3) is 0.643. The number of hydrogen-bond acceptors (Lipinski definition) is 5. The molecule has 1 fully saturated rings. The van der Waals surface area contributed by atoms with Crippen molar-refractivity contribution >= 4 is 29.2 Å². The Balaban J connectivity index is 2.13. The molecule has 1 aromatic rings. The van der Waals surface area contributed by atoms with Gasteiger partial charge in [-0.1, -0.05) is 0 Å². The zero-order valence-corrected chi connectivity index (χ0v) is 13.6. The third-order valence-corrected chi connectivity index (χ3v) is 3.33. The minimum absolute atomic E-state index is 0.284. The van der Waals surface area contributed by atoms with Crippen molar-refractivity contribution in [1.82, 2.24) is 10.2 Å². The Bertz CT molecular complexity index is 526. The van der Waals surface area contributed by atoms with Crippen LogP contribution < -0.4 is 10.2 Å². The van der Waals surface area contributed by atoms with Gasteiger partial charge in [-0.15, -0.1) is 16.7 Å². The van der Waals surface area contributed by atoms with E-state index in [0.717, 1.165) is 18.5 Å². The molecule has 1 aromatic heterocycles. The number of amides is 1. The minimum atomic E-state index is -0.554. The van der Waals surface area contributed by atoms with Crippen LogP contribution in [0.25, 0.3) is 0 Å². The number of alkyl halides is 1. The molecular formula is C14H21ClN4O2. The molecule has 2 rings (SSSR count). The lowest BCUT2D eigenvalue weighted by atomic mass is 10.2. The molecule has 1 N–H and O–H groups in total. The maximum absolute atomic E-state index is 11.8. The van der Waals surface area contributed by atoms with Gasteiger partial charge in [-0.2, -0.15) is 5.10 Å². The van der Waals surface area contributed by atoms with Crippen LogP contribution in [0.15, 0.2) is 6.07 Å². The van der Waals surface area contributed by atoms with Crippen LogP contribution in [0.4, 0.5) is 16.3 Å². The molecule has 1 amide bonds.